The topological polar surface area (TPSA) is 81.1 Å². The molecule has 2 amide bonds. The lowest BCUT2D eigenvalue weighted by Gasteiger charge is -2.34. The lowest BCUT2D eigenvalue weighted by atomic mass is 9.99. The van der Waals surface area contributed by atoms with Gasteiger partial charge >= 0.3 is 0 Å². The molecule has 0 aromatic heterocycles. The molecule has 0 unspecified atom stereocenters. The fourth-order valence-electron chi connectivity index (χ4n) is 3.52. The summed E-state index contributed by atoms with van der Waals surface area (Å²) in [5, 5.41) is 19.9. The van der Waals surface area contributed by atoms with Gasteiger partial charge in [-0.2, -0.15) is 0 Å². The number of aromatic hydroxyl groups is 1. The number of aliphatic hydroxyl groups excluding tert-OH is 1. The summed E-state index contributed by atoms with van der Waals surface area (Å²) in [6.07, 6.45) is 1.93. The fourth-order valence-corrected chi connectivity index (χ4v) is 3.79. The zero-order chi connectivity index (χ0) is 21.7. The van der Waals surface area contributed by atoms with E-state index in [-0.39, 0.29) is 30.6 Å². The average molecular weight is 429 g/mol. The largest absolute Gasteiger partial charge is 0.508 e. The third-order valence-corrected chi connectivity index (χ3v) is 5.66. The molecule has 1 heterocycles. The van der Waals surface area contributed by atoms with Crippen molar-refractivity contribution in [2.45, 2.75) is 19.4 Å². The van der Waals surface area contributed by atoms with E-state index < -0.39 is 0 Å². The number of hydrogen-bond donors (Lipinski definition) is 2. The second kappa shape index (κ2) is 9.78. The van der Waals surface area contributed by atoms with Crippen molar-refractivity contribution in [2.24, 2.45) is 0 Å². The van der Waals surface area contributed by atoms with E-state index in [1.165, 1.54) is 12.1 Å². The molecule has 0 spiro atoms. The SMILES string of the molecule is C=CC(=O)N1CCN(C(=O)CCc2cc(-c3ccc(CO)cc3)c(Cl)cc2O)CC1. The molecule has 2 aromatic rings. The Kier molecular flexibility index (Phi) is 7.13. The Hall–Kier alpha value is -2.83. The molecule has 1 aliphatic rings. The first-order chi connectivity index (χ1) is 14.4. The van der Waals surface area contributed by atoms with Crippen molar-refractivity contribution in [1.82, 2.24) is 9.80 Å². The number of phenols is 1. The minimum atomic E-state index is -0.118. The van der Waals surface area contributed by atoms with Gasteiger partial charge in [0.2, 0.25) is 11.8 Å². The summed E-state index contributed by atoms with van der Waals surface area (Å²) in [6.45, 7) is 5.43. The summed E-state index contributed by atoms with van der Waals surface area (Å²) >= 11 is 6.32. The predicted octanol–water partition coefficient (Wildman–Crippen LogP) is 2.99. The van der Waals surface area contributed by atoms with Gasteiger partial charge in [0.1, 0.15) is 5.75 Å². The predicted molar refractivity (Wildman–Crippen MR) is 116 cm³/mol. The Labute approximate surface area is 181 Å². The molecule has 30 heavy (non-hydrogen) atoms. The Bertz CT molecular complexity index is 935. The van der Waals surface area contributed by atoms with Gasteiger partial charge in [-0.15, -0.1) is 0 Å². The van der Waals surface area contributed by atoms with Crippen LogP contribution in [0.25, 0.3) is 11.1 Å². The molecule has 0 atom stereocenters. The van der Waals surface area contributed by atoms with Gasteiger partial charge in [-0.3, -0.25) is 9.59 Å². The number of rotatable bonds is 6. The Morgan fingerprint density at radius 3 is 2.30 bits per heavy atom. The summed E-state index contributed by atoms with van der Waals surface area (Å²) in [5.74, 6) is -0.0680. The summed E-state index contributed by atoms with van der Waals surface area (Å²) in [4.78, 5) is 27.7. The zero-order valence-corrected chi connectivity index (χ0v) is 17.4. The van der Waals surface area contributed by atoms with Gasteiger partial charge in [-0.05, 0) is 41.3 Å². The first-order valence-electron chi connectivity index (χ1n) is 9.83. The minimum Gasteiger partial charge on any atom is -0.508 e. The van der Waals surface area contributed by atoms with Gasteiger partial charge in [0.15, 0.2) is 0 Å². The highest BCUT2D eigenvalue weighted by Gasteiger charge is 2.23. The number of piperazine rings is 1. The number of nitrogens with zero attached hydrogens (tertiary/aromatic N) is 2. The van der Waals surface area contributed by atoms with E-state index in [2.05, 4.69) is 6.58 Å². The van der Waals surface area contributed by atoms with E-state index in [1.54, 1.807) is 15.9 Å². The maximum Gasteiger partial charge on any atom is 0.246 e. The number of aliphatic hydroxyl groups is 1. The molecule has 1 fully saturated rings. The standard InChI is InChI=1S/C23H25ClN2O4/c1-2-22(29)25-9-11-26(12-10-25)23(30)8-7-18-13-19(20(24)14-21(18)28)17-5-3-16(15-27)4-6-17/h2-6,13-14,27-28H,1,7-12,15H2. The number of benzene rings is 2. The van der Waals surface area contributed by atoms with Gasteiger partial charge in [0.25, 0.3) is 0 Å². The number of carbonyl (C=O) groups excluding carboxylic acids is 2. The molecule has 0 radical (unpaired) electrons. The van der Waals surface area contributed by atoms with Gasteiger partial charge in [0, 0.05) is 38.2 Å². The van der Waals surface area contributed by atoms with Crippen LogP contribution in [0.15, 0.2) is 49.1 Å². The van der Waals surface area contributed by atoms with E-state index in [0.29, 0.717) is 43.2 Å². The number of aryl methyl sites for hydroxylation is 1. The minimum absolute atomic E-state index is 0.0103. The van der Waals surface area contributed by atoms with Crippen molar-refractivity contribution in [1.29, 1.82) is 0 Å². The highest BCUT2D eigenvalue weighted by Crippen LogP contribution is 2.34. The normalized spacial score (nSPS) is 13.9. The smallest absolute Gasteiger partial charge is 0.246 e. The first-order valence-corrected chi connectivity index (χ1v) is 10.2. The van der Waals surface area contributed by atoms with E-state index in [0.717, 1.165) is 16.7 Å². The van der Waals surface area contributed by atoms with E-state index in [4.69, 9.17) is 11.6 Å². The van der Waals surface area contributed by atoms with Crippen molar-refractivity contribution in [3.05, 3.63) is 65.2 Å². The van der Waals surface area contributed by atoms with Crippen molar-refractivity contribution >= 4 is 23.4 Å². The van der Waals surface area contributed by atoms with Crippen molar-refractivity contribution < 1.29 is 19.8 Å². The van der Waals surface area contributed by atoms with Crippen LogP contribution in [0.5, 0.6) is 5.75 Å². The molecule has 2 N–H and O–H groups in total. The van der Waals surface area contributed by atoms with Crippen LogP contribution in [0.2, 0.25) is 5.02 Å². The maximum atomic E-state index is 12.6. The van der Waals surface area contributed by atoms with Gasteiger partial charge < -0.3 is 20.0 Å². The number of hydrogen-bond acceptors (Lipinski definition) is 4. The second-order valence-corrected chi connectivity index (χ2v) is 7.63. The molecule has 1 saturated heterocycles. The summed E-state index contributed by atoms with van der Waals surface area (Å²) in [6, 6.07) is 10.7. The molecule has 1 aliphatic heterocycles. The van der Waals surface area contributed by atoms with Crippen LogP contribution in [0.4, 0.5) is 0 Å². The lowest BCUT2D eigenvalue weighted by Crippen LogP contribution is -2.50. The summed E-state index contributed by atoms with van der Waals surface area (Å²) < 4.78 is 0. The number of carbonyl (C=O) groups is 2. The molecule has 2 aromatic carbocycles. The van der Waals surface area contributed by atoms with E-state index in [9.17, 15) is 19.8 Å². The van der Waals surface area contributed by atoms with Gasteiger partial charge in [-0.25, -0.2) is 0 Å². The van der Waals surface area contributed by atoms with Crippen LogP contribution in [0, 0.1) is 0 Å². The van der Waals surface area contributed by atoms with E-state index in [1.807, 2.05) is 24.3 Å². The first kappa shape index (κ1) is 21.9. The van der Waals surface area contributed by atoms with Crippen LogP contribution in [0.1, 0.15) is 17.5 Å². The third-order valence-electron chi connectivity index (χ3n) is 5.34. The molecule has 0 saturated carbocycles. The zero-order valence-electron chi connectivity index (χ0n) is 16.7. The van der Waals surface area contributed by atoms with Gasteiger partial charge in [-0.1, -0.05) is 42.4 Å². The molecule has 7 heteroatoms. The van der Waals surface area contributed by atoms with Crippen LogP contribution >= 0.6 is 11.6 Å². The number of amides is 2. The highest BCUT2D eigenvalue weighted by atomic mass is 35.5. The molecule has 6 nitrogen and oxygen atoms in total. The van der Waals surface area contributed by atoms with Gasteiger partial charge in [0.05, 0.1) is 11.6 Å². The summed E-state index contributed by atoms with van der Waals surface area (Å²) in [7, 11) is 0. The quantitative estimate of drug-likeness (QED) is 0.693. The Morgan fingerprint density at radius 1 is 1.07 bits per heavy atom. The van der Waals surface area contributed by atoms with Crippen LogP contribution in [-0.4, -0.2) is 58.0 Å². The molecular formula is C23H25ClN2O4. The monoisotopic (exact) mass is 428 g/mol. The Balaban J connectivity index is 1.66. The molecular weight excluding hydrogens is 404 g/mol. The highest BCUT2D eigenvalue weighted by molar-refractivity contribution is 6.33. The second-order valence-electron chi connectivity index (χ2n) is 7.23. The number of phenolic OH excluding ortho intramolecular Hbond substituents is 1. The third kappa shape index (κ3) is 5.01. The number of halogens is 1. The molecule has 0 bridgehead atoms. The van der Waals surface area contributed by atoms with Crippen LogP contribution in [-0.2, 0) is 22.6 Å². The van der Waals surface area contributed by atoms with Crippen molar-refractivity contribution in [3.63, 3.8) is 0 Å². The van der Waals surface area contributed by atoms with Crippen molar-refractivity contribution in [2.75, 3.05) is 26.2 Å². The average Bonchev–Trinajstić information content (AvgIpc) is 2.78. The fraction of sp³-hybridized carbons (Fsp3) is 0.304. The van der Waals surface area contributed by atoms with Crippen LogP contribution < -0.4 is 0 Å². The Morgan fingerprint density at radius 2 is 1.70 bits per heavy atom. The molecule has 158 valence electrons. The van der Waals surface area contributed by atoms with Crippen LogP contribution in [0.3, 0.4) is 0 Å². The maximum absolute atomic E-state index is 12.6. The summed E-state index contributed by atoms with van der Waals surface area (Å²) in [5.41, 5.74) is 3.08. The molecule has 3 rings (SSSR count). The molecule has 0 aliphatic carbocycles. The van der Waals surface area contributed by atoms with Crippen molar-refractivity contribution in [3.8, 4) is 16.9 Å². The lowest BCUT2D eigenvalue weighted by molar-refractivity contribution is -0.137. The van der Waals surface area contributed by atoms with E-state index >= 15 is 0 Å².